The van der Waals surface area contributed by atoms with Crippen molar-refractivity contribution in [3.05, 3.63) is 54.6 Å². The van der Waals surface area contributed by atoms with Crippen molar-refractivity contribution in [1.82, 2.24) is 0 Å². The van der Waals surface area contributed by atoms with Gasteiger partial charge in [-0.2, -0.15) is 0 Å². The maximum atomic E-state index is 3.67. The Bertz CT molecular complexity index is 514. The zero-order valence-corrected chi connectivity index (χ0v) is 10.8. The van der Waals surface area contributed by atoms with Crippen LogP contribution in [-0.4, -0.2) is 6.04 Å². The fourth-order valence-electron chi connectivity index (χ4n) is 2.44. The van der Waals surface area contributed by atoms with E-state index in [2.05, 4.69) is 66.8 Å². The number of hydrogen-bond donors (Lipinski definition) is 1. The minimum absolute atomic E-state index is 0.579. The van der Waals surface area contributed by atoms with Crippen LogP contribution in [0.5, 0.6) is 0 Å². The quantitative estimate of drug-likeness (QED) is 0.821. The Morgan fingerprint density at radius 2 is 1.61 bits per heavy atom. The Morgan fingerprint density at radius 1 is 0.944 bits per heavy atom. The predicted molar refractivity (Wildman–Crippen MR) is 77.7 cm³/mol. The second-order valence-electron chi connectivity index (χ2n) is 5.18. The van der Waals surface area contributed by atoms with Gasteiger partial charge in [0.25, 0.3) is 0 Å². The topological polar surface area (TPSA) is 12.0 Å². The van der Waals surface area contributed by atoms with Crippen molar-refractivity contribution in [3.63, 3.8) is 0 Å². The Balaban J connectivity index is 1.89. The van der Waals surface area contributed by atoms with E-state index in [9.17, 15) is 0 Å². The molecule has 0 spiro atoms. The van der Waals surface area contributed by atoms with E-state index in [0.29, 0.717) is 6.04 Å². The molecule has 3 rings (SSSR count). The molecule has 0 amide bonds. The van der Waals surface area contributed by atoms with Gasteiger partial charge in [-0.3, -0.25) is 0 Å². The molecule has 0 aromatic heterocycles. The Hall–Kier alpha value is -1.76. The van der Waals surface area contributed by atoms with Crippen LogP contribution in [0.4, 0.5) is 5.69 Å². The molecule has 1 aliphatic rings. The highest BCUT2D eigenvalue weighted by molar-refractivity contribution is 5.77. The fourth-order valence-corrected chi connectivity index (χ4v) is 2.44. The van der Waals surface area contributed by atoms with E-state index in [4.69, 9.17) is 0 Å². The molecule has 1 unspecified atom stereocenters. The van der Waals surface area contributed by atoms with E-state index in [-0.39, 0.29) is 0 Å². The van der Waals surface area contributed by atoms with Crippen LogP contribution in [0.25, 0.3) is 11.1 Å². The summed E-state index contributed by atoms with van der Waals surface area (Å²) in [5, 5.41) is 3.67. The molecule has 0 saturated heterocycles. The van der Waals surface area contributed by atoms with Crippen LogP contribution < -0.4 is 5.32 Å². The van der Waals surface area contributed by atoms with Crippen LogP contribution in [-0.2, 0) is 0 Å². The van der Waals surface area contributed by atoms with Gasteiger partial charge in [0.15, 0.2) is 0 Å². The molecule has 0 heterocycles. The molecule has 0 radical (unpaired) electrons. The number of hydrogen-bond acceptors (Lipinski definition) is 1. The molecule has 0 aliphatic heterocycles. The Morgan fingerprint density at radius 3 is 2.33 bits per heavy atom. The first-order valence-corrected chi connectivity index (χ1v) is 6.75. The summed E-state index contributed by atoms with van der Waals surface area (Å²) in [6.45, 7) is 2.29. The summed E-state index contributed by atoms with van der Waals surface area (Å²) < 4.78 is 0. The first kappa shape index (κ1) is 11.3. The molecule has 2 aromatic rings. The lowest BCUT2D eigenvalue weighted by Gasteiger charge is -2.17. The highest BCUT2D eigenvalue weighted by atomic mass is 14.9. The maximum Gasteiger partial charge on any atom is 0.0422 e. The molecule has 0 bridgehead atoms. The van der Waals surface area contributed by atoms with Gasteiger partial charge in [-0.15, -0.1) is 0 Å². The van der Waals surface area contributed by atoms with Crippen molar-refractivity contribution >= 4 is 5.69 Å². The second-order valence-corrected chi connectivity index (χ2v) is 5.18. The van der Waals surface area contributed by atoms with Crippen molar-refractivity contribution in [3.8, 4) is 11.1 Å². The molecule has 2 aromatic carbocycles. The third kappa shape index (κ3) is 2.40. The van der Waals surface area contributed by atoms with E-state index in [1.54, 1.807) is 0 Å². The molecule has 1 atom stereocenters. The summed E-state index contributed by atoms with van der Waals surface area (Å²) in [6, 6.07) is 19.8. The number of para-hydroxylation sites is 1. The lowest BCUT2D eigenvalue weighted by molar-refractivity contribution is 0.694. The molecule has 92 valence electrons. The van der Waals surface area contributed by atoms with Crippen LogP contribution in [0.2, 0.25) is 0 Å². The first-order valence-electron chi connectivity index (χ1n) is 6.75. The Kier molecular flexibility index (Phi) is 3.06. The molecule has 1 heteroatoms. The van der Waals surface area contributed by atoms with Crippen LogP contribution in [0.1, 0.15) is 19.8 Å². The molecule has 1 fully saturated rings. The summed E-state index contributed by atoms with van der Waals surface area (Å²) in [5.74, 6) is 0.869. The van der Waals surface area contributed by atoms with Crippen molar-refractivity contribution in [2.24, 2.45) is 5.92 Å². The largest absolute Gasteiger partial charge is 0.382 e. The van der Waals surface area contributed by atoms with Crippen LogP contribution in [0, 0.1) is 5.92 Å². The van der Waals surface area contributed by atoms with Gasteiger partial charge in [-0.1, -0.05) is 48.5 Å². The van der Waals surface area contributed by atoms with E-state index in [0.717, 1.165) is 5.92 Å². The summed E-state index contributed by atoms with van der Waals surface area (Å²) >= 11 is 0. The highest BCUT2D eigenvalue weighted by Gasteiger charge is 2.28. The lowest BCUT2D eigenvalue weighted by atomic mass is 10.0. The molecule has 1 nitrogen and oxygen atoms in total. The number of anilines is 1. The van der Waals surface area contributed by atoms with E-state index < -0.39 is 0 Å². The van der Waals surface area contributed by atoms with Gasteiger partial charge in [0, 0.05) is 17.3 Å². The Labute approximate surface area is 109 Å². The normalized spacial score (nSPS) is 16.3. The van der Waals surface area contributed by atoms with Gasteiger partial charge in [-0.05, 0) is 37.3 Å². The smallest absolute Gasteiger partial charge is 0.0422 e. The fraction of sp³-hybridized carbons (Fsp3) is 0.294. The average Bonchev–Trinajstić information content (AvgIpc) is 3.25. The van der Waals surface area contributed by atoms with Crippen molar-refractivity contribution in [2.45, 2.75) is 25.8 Å². The van der Waals surface area contributed by atoms with Crippen molar-refractivity contribution < 1.29 is 0 Å². The third-order valence-electron chi connectivity index (χ3n) is 3.72. The number of nitrogens with one attached hydrogen (secondary N) is 1. The van der Waals surface area contributed by atoms with Crippen LogP contribution in [0.15, 0.2) is 54.6 Å². The van der Waals surface area contributed by atoms with Gasteiger partial charge in [0.2, 0.25) is 0 Å². The molecular weight excluding hydrogens is 218 g/mol. The SMILES string of the molecule is CC(Nc1ccccc1-c1ccccc1)C1CC1. The maximum absolute atomic E-state index is 3.67. The van der Waals surface area contributed by atoms with Gasteiger partial charge in [-0.25, -0.2) is 0 Å². The minimum atomic E-state index is 0.579. The van der Waals surface area contributed by atoms with E-state index in [1.807, 2.05) is 0 Å². The number of rotatable bonds is 4. The highest BCUT2D eigenvalue weighted by Crippen LogP contribution is 2.36. The zero-order valence-electron chi connectivity index (χ0n) is 10.8. The molecule has 18 heavy (non-hydrogen) atoms. The molecular formula is C17H19N. The summed E-state index contributed by atoms with van der Waals surface area (Å²) in [6.07, 6.45) is 2.75. The standard InChI is InChI=1S/C17H19N/c1-13(14-11-12-14)18-17-10-6-5-9-16(17)15-7-3-2-4-8-15/h2-10,13-14,18H,11-12H2,1H3. The molecule has 1 aliphatic carbocycles. The third-order valence-corrected chi connectivity index (χ3v) is 3.72. The van der Waals surface area contributed by atoms with Crippen LogP contribution >= 0.6 is 0 Å². The summed E-state index contributed by atoms with van der Waals surface area (Å²) in [5.41, 5.74) is 3.83. The van der Waals surface area contributed by atoms with Crippen molar-refractivity contribution in [2.75, 3.05) is 5.32 Å². The average molecular weight is 237 g/mol. The minimum Gasteiger partial charge on any atom is -0.382 e. The first-order chi connectivity index (χ1) is 8.84. The van der Waals surface area contributed by atoms with E-state index >= 15 is 0 Å². The second kappa shape index (κ2) is 4.85. The molecule has 1 N–H and O–H groups in total. The van der Waals surface area contributed by atoms with E-state index in [1.165, 1.54) is 29.7 Å². The zero-order chi connectivity index (χ0) is 12.4. The number of benzene rings is 2. The van der Waals surface area contributed by atoms with Gasteiger partial charge in [0.1, 0.15) is 0 Å². The lowest BCUT2D eigenvalue weighted by Crippen LogP contribution is -2.17. The van der Waals surface area contributed by atoms with Gasteiger partial charge < -0.3 is 5.32 Å². The summed E-state index contributed by atoms with van der Waals surface area (Å²) in [7, 11) is 0. The summed E-state index contributed by atoms with van der Waals surface area (Å²) in [4.78, 5) is 0. The molecule has 1 saturated carbocycles. The van der Waals surface area contributed by atoms with Crippen molar-refractivity contribution in [1.29, 1.82) is 0 Å². The monoisotopic (exact) mass is 237 g/mol. The predicted octanol–water partition coefficient (Wildman–Crippen LogP) is 4.56. The van der Waals surface area contributed by atoms with Crippen LogP contribution in [0.3, 0.4) is 0 Å². The van der Waals surface area contributed by atoms with Gasteiger partial charge >= 0.3 is 0 Å². The van der Waals surface area contributed by atoms with Gasteiger partial charge in [0.05, 0.1) is 0 Å².